The number of alkyl halides is 9. The molecule has 0 saturated carbocycles. The summed E-state index contributed by atoms with van der Waals surface area (Å²) in [4.78, 5) is 10.3. The number of rotatable bonds is 5. The minimum atomic E-state index is -6.96. The van der Waals surface area contributed by atoms with Gasteiger partial charge in [0.25, 0.3) is 0 Å². The Hall–Kier alpha value is -1.60. The average Bonchev–Trinajstić information content (AvgIpc) is 2.26. The lowest BCUT2D eigenvalue weighted by Crippen LogP contribution is -2.61. The zero-order valence-corrected chi connectivity index (χ0v) is 9.21. The Labute approximate surface area is 105 Å². The van der Waals surface area contributed by atoms with E-state index in [1.54, 1.807) is 0 Å². The van der Waals surface area contributed by atoms with Gasteiger partial charge < -0.3 is 4.74 Å². The van der Waals surface area contributed by atoms with Crippen LogP contribution >= 0.6 is 0 Å². The fourth-order valence-corrected chi connectivity index (χ4v) is 0.878. The largest absolute Gasteiger partial charge is 0.460 e. The highest BCUT2D eigenvalue weighted by Crippen LogP contribution is 2.53. The molecule has 0 N–H and O–H groups in total. The number of esters is 1. The second-order valence-electron chi connectivity index (χ2n) is 3.38. The number of carbonyl (C=O) groups excluding carboxylic acids is 1. The van der Waals surface area contributed by atoms with Gasteiger partial charge in [-0.25, -0.2) is 4.79 Å². The Kier molecular flexibility index (Phi) is 4.98. The average molecular weight is 316 g/mol. The van der Waals surface area contributed by atoms with E-state index >= 15 is 0 Å². The number of ether oxygens (including phenoxy) is 1. The quantitative estimate of drug-likeness (QED) is 0.337. The van der Waals surface area contributed by atoms with Gasteiger partial charge in [0, 0.05) is 5.92 Å². The third kappa shape index (κ3) is 3.29. The molecule has 0 unspecified atom stereocenters. The van der Waals surface area contributed by atoms with E-state index in [0.717, 1.165) is 0 Å². The minimum absolute atomic E-state index is 1.22. The molecule has 11 heteroatoms. The predicted octanol–water partition coefficient (Wildman–Crippen LogP) is 3.02. The minimum Gasteiger partial charge on any atom is -0.456 e. The van der Waals surface area contributed by atoms with Crippen molar-refractivity contribution in [2.45, 2.75) is 30.4 Å². The molecule has 0 rings (SSSR count). The molecule has 0 aromatic rings. The number of halogens is 9. The summed E-state index contributed by atoms with van der Waals surface area (Å²) in [5, 5.41) is 0. The Morgan fingerprint density at radius 2 is 1.40 bits per heavy atom. The number of hydrogen-bond donors (Lipinski definition) is 0. The standard InChI is InChI=1S/C9H5F9O2/c1-2-5(19)20-4-3-6(10,11)7(12,13)8(14,15)9(16,17)18/h1H,3-4H2. The maximum Gasteiger partial charge on any atom is 0.460 e. The molecule has 0 saturated heterocycles. The molecular formula is C9H5F9O2. The van der Waals surface area contributed by atoms with Gasteiger partial charge in [0.05, 0.1) is 13.0 Å². The normalized spacial score (nSPS) is 13.8. The molecule has 20 heavy (non-hydrogen) atoms. The molecule has 2 nitrogen and oxygen atoms in total. The summed E-state index contributed by atoms with van der Waals surface area (Å²) in [6.07, 6.45) is -4.74. The zero-order valence-electron chi connectivity index (χ0n) is 9.21. The van der Waals surface area contributed by atoms with Crippen LogP contribution in [0.4, 0.5) is 39.5 Å². The summed E-state index contributed by atoms with van der Waals surface area (Å²) in [5.41, 5.74) is 0. The van der Waals surface area contributed by atoms with Crippen LogP contribution in [-0.4, -0.2) is 36.5 Å². The van der Waals surface area contributed by atoms with Crippen LogP contribution in [-0.2, 0) is 9.53 Å². The van der Waals surface area contributed by atoms with Crippen molar-refractivity contribution in [3.05, 3.63) is 0 Å². The van der Waals surface area contributed by atoms with Crippen molar-refractivity contribution in [2.75, 3.05) is 6.61 Å². The highest BCUT2D eigenvalue weighted by atomic mass is 19.4. The third-order valence-electron chi connectivity index (χ3n) is 1.98. The van der Waals surface area contributed by atoms with Gasteiger partial charge in [-0.2, -0.15) is 39.5 Å². The van der Waals surface area contributed by atoms with Gasteiger partial charge >= 0.3 is 29.9 Å². The molecule has 0 aliphatic rings. The van der Waals surface area contributed by atoms with Crippen molar-refractivity contribution in [1.82, 2.24) is 0 Å². The van der Waals surface area contributed by atoms with E-state index in [0.29, 0.717) is 0 Å². The summed E-state index contributed by atoms with van der Waals surface area (Å²) in [5.74, 6) is -19.8. The van der Waals surface area contributed by atoms with E-state index in [9.17, 15) is 44.3 Å². The molecule has 0 atom stereocenters. The van der Waals surface area contributed by atoms with Crippen molar-refractivity contribution in [1.29, 1.82) is 0 Å². The summed E-state index contributed by atoms with van der Waals surface area (Å²) >= 11 is 0. The maximum absolute atomic E-state index is 12.8. The van der Waals surface area contributed by atoms with Crippen molar-refractivity contribution in [3.63, 3.8) is 0 Å². The van der Waals surface area contributed by atoms with E-state index in [1.807, 2.05) is 0 Å². The van der Waals surface area contributed by atoms with E-state index < -0.39 is 42.9 Å². The highest BCUT2D eigenvalue weighted by Gasteiger charge is 2.81. The fourth-order valence-electron chi connectivity index (χ4n) is 0.878. The van der Waals surface area contributed by atoms with Crippen LogP contribution in [0.3, 0.4) is 0 Å². The molecule has 0 fully saturated rings. The van der Waals surface area contributed by atoms with Gasteiger partial charge in [-0.1, -0.05) is 0 Å². The first-order valence-electron chi connectivity index (χ1n) is 4.54. The Bertz CT molecular complexity index is 405. The van der Waals surface area contributed by atoms with E-state index in [1.165, 1.54) is 5.92 Å². The first-order chi connectivity index (χ1) is 8.70. The lowest BCUT2D eigenvalue weighted by molar-refractivity contribution is -0.397. The molecule has 0 spiro atoms. The van der Waals surface area contributed by atoms with Crippen LogP contribution in [0, 0.1) is 12.3 Å². The van der Waals surface area contributed by atoms with E-state index in [-0.39, 0.29) is 0 Å². The summed E-state index contributed by atoms with van der Waals surface area (Å²) in [6, 6.07) is 0. The van der Waals surface area contributed by atoms with Crippen LogP contribution in [0.2, 0.25) is 0 Å². The van der Waals surface area contributed by atoms with Crippen molar-refractivity contribution in [3.8, 4) is 12.3 Å². The van der Waals surface area contributed by atoms with Crippen LogP contribution < -0.4 is 0 Å². The van der Waals surface area contributed by atoms with Gasteiger partial charge in [0.15, 0.2) is 0 Å². The third-order valence-corrected chi connectivity index (χ3v) is 1.98. The molecule has 0 heterocycles. The molecule has 0 aliphatic carbocycles. The summed E-state index contributed by atoms with van der Waals surface area (Å²) < 4.78 is 114. The van der Waals surface area contributed by atoms with Crippen LogP contribution in [0.5, 0.6) is 0 Å². The number of hydrogen-bond acceptors (Lipinski definition) is 2. The van der Waals surface area contributed by atoms with E-state index in [2.05, 4.69) is 11.2 Å². The van der Waals surface area contributed by atoms with Crippen LogP contribution in [0.1, 0.15) is 6.42 Å². The van der Waals surface area contributed by atoms with Gasteiger partial charge in [-0.15, -0.1) is 6.42 Å². The second kappa shape index (κ2) is 5.41. The molecule has 0 amide bonds. The fraction of sp³-hybridized carbons (Fsp3) is 0.667. The Morgan fingerprint density at radius 1 is 0.950 bits per heavy atom. The first kappa shape index (κ1) is 18.4. The predicted molar refractivity (Wildman–Crippen MR) is 45.3 cm³/mol. The molecule has 0 bridgehead atoms. The zero-order chi connectivity index (χ0) is 16.4. The Balaban J connectivity index is 5.08. The first-order valence-corrected chi connectivity index (χ1v) is 4.54. The van der Waals surface area contributed by atoms with Crippen LogP contribution in [0.25, 0.3) is 0 Å². The van der Waals surface area contributed by atoms with Gasteiger partial charge in [-0.05, 0) is 0 Å². The lowest BCUT2D eigenvalue weighted by atomic mass is 10.0. The van der Waals surface area contributed by atoms with Gasteiger partial charge in [0.1, 0.15) is 0 Å². The van der Waals surface area contributed by atoms with Crippen LogP contribution in [0.15, 0.2) is 0 Å². The second-order valence-corrected chi connectivity index (χ2v) is 3.38. The maximum atomic E-state index is 12.8. The highest BCUT2D eigenvalue weighted by molar-refractivity contribution is 5.87. The molecule has 116 valence electrons. The Morgan fingerprint density at radius 3 is 1.75 bits per heavy atom. The topological polar surface area (TPSA) is 26.3 Å². The molecule has 0 aromatic heterocycles. The van der Waals surface area contributed by atoms with Gasteiger partial charge in [-0.3, -0.25) is 0 Å². The number of terminal acetylenes is 1. The molecule has 0 radical (unpaired) electrons. The number of carbonyl (C=O) groups is 1. The molecular weight excluding hydrogens is 311 g/mol. The molecule has 0 aromatic carbocycles. The SMILES string of the molecule is C#CC(=O)OCCC(F)(F)C(F)(F)C(F)(F)C(F)(F)F. The van der Waals surface area contributed by atoms with Crippen molar-refractivity contribution < 1.29 is 49.0 Å². The molecule has 0 aliphatic heterocycles. The summed E-state index contributed by atoms with van der Waals surface area (Å²) in [6.45, 7) is -1.56. The van der Waals surface area contributed by atoms with Gasteiger partial charge in [0.2, 0.25) is 0 Å². The smallest absolute Gasteiger partial charge is 0.456 e. The monoisotopic (exact) mass is 316 g/mol. The summed E-state index contributed by atoms with van der Waals surface area (Å²) in [7, 11) is 0. The van der Waals surface area contributed by atoms with Crippen molar-refractivity contribution >= 4 is 5.97 Å². The van der Waals surface area contributed by atoms with E-state index in [4.69, 9.17) is 0 Å². The lowest BCUT2D eigenvalue weighted by Gasteiger charge is -2.33. The van der Waals surface area contributed by atoms with Crippen molar-refractivity contribution in [2.24, 2.45) is 0 Å².